The van der Waals surface area contributed by atoms with Crippen molar-refractivity contribution in [1.82, 2.24) is 14.9 Å². The lowest BCUT2D eigenvalue weighted by Gasteiger charge is -2.16. The maximum atomic E-state index is 15.2. The van der Waals surface area contributed by atoms with Gasteiger partial charge in [0.1, 0.15) is 11.4 Å². The molecule has 0 unspecified atom stereocenters. The summed E-state index contributed by atoms with van der Waals surface area (Å²) in [6.07, 6.45) is 1.38. The first kappa shape index (κ1) is 28.2. The Bertz CT molecular complexity index is 1460. The number of nitrogens with zero attached hydrogens (tertiary/aromatic N) is 2. The monoisotopic (exact) mass is 542 g/mol. The molecule has 0 atom stereocenters. The number of amides is 1. The van der Waals surface area contributed by atoms with Crippen molar-refractivity contribution in [3.63, 3.8) is 0 Å². The van der Waals surface area contributed by atoms with Gasteiger partial charge in [0.25, 0.3) is 6.47 Å². The van der Waals surface area contributed by atoms with E-state index in [1.807, 2.05) is 31.1 Å². The van der Waals surface area contributed by atoms with Crippen LogP contribution in [-0.2, 0) is 22.4 Å². The third-order valence-corrected chi connectivity index (χ3v) is 5.97. The van der Waals surface area contributed by atoms with E-state index in [4.69, 9.17) is 14.3 Å². The van der Waals surface area contributed by atoms with Gasteiger partial charge in [-0.1, -0.05) is 12.1 Å². The number of nitrogens with one attached hydrogen (secondary N) is 4. The van der Waals surface area contributed by atoms with Crippen LogP contribution in [0.3, 0.4) is 0 Å². The molecular weight excluding hydrogens is 515 g/mol. The largest absolute Gasteiger partial charge is 0.483 e. The summed E-state index contributed by atoms with van der Waals surface area (Å²) in [6.45, 7) is -0.250. The average molecular weight is 543 g/mol. The van der Waals surface area contributed by atoms with Gasteiger partial charge in [0, 0.05) is 61.4 Å². The minimum Gasteiger partial charge on any atom is -0.483 e. The molecular formula is C25H27FN6O5S. The Morgan fingerprint density at radius 3 is 2.66 bits per heavy atom. The second kappa shape index (κ2) is 13.3. The molecule has 11 nitrogen and oxygen atoms in total. The number of hydrogen-bond acceptors (Lipinski definition) is 9. The SMILES string of the molecule is CNSNc1cccc(Cc2c(CC(=O)Nc3ccn[nH]3)c3ccc(N(C)C)cc3oc2=O)c1F.O=CO. The van der Waals surface area contributed by atoms with Gasteiger partial charge in [-0.3, -0.25) is 14.7 Å². The van der Waals surface area contributed by atoms with E-state index in [1.165, 1.54) is 6.20 Å². The number of rotatable bonds is 9. The predicted molar refractivity (Wildman–Crippen MR) is 146 cm³/mol. The van der Waals surface area contributed by atoms with Gasteiger partial charge in [-0.2, -0.15) is 5.10 Å². The summed E-state index contributed by atoms with van der Waals surface area (Å²) in [7, 11) is 5.47. The molecule has 0 spiro atoms. The first-order chi connectivity index (χ1) is 18.3. The van der Waals surface area contributed by atoms with Crippen LogP contribution in [0.5, 0.6) is 0 Å². The van der Waals surface area contributed by atoms with Gasteiger partial charge in [0.05, 0.1) is 18.3 Å². The molecule has 0 aliphatic heterocycles. The maximum Gasteiger partial charge on any atom is 0.340 e. The van der Waals surface area contributed by atoms with Gasteiger partial charge >= 0.3 is 5.63 Å². The van der Waals surface area contributed by atoms with Crippen molar-refractivity contribution in [2.45, 2.75) is 12.8 Å². The number of benzene rings is 2. The molecule has 4 aromatic rings. The first-order valence-corrected chi connectivity index (χ1v) is 12.1. The third-order valence-electron chi connectivity index (χ3n) is 5.44. The van der Waals surface area contributed by atoms with E-state index in [0.717, 1.165) is 17.8 Å². The fraction of sp³-hybridized carbons (Fsp3) is 0.200. The molecule has 0 aliphatic rings. The van der Waals surface area contributed by atoms with E-state index in [9.17, 15) is 9.59 Å². The van der Waals surface area contributed by atoms with E-state index in [-0.39, 0.29) is 36.5 Å². The van der Waals surface area contributed by atoms with Crippen LogP contribution in [0.1, 0.15) is 16.7 Å². The molecule has 2 aromatic heterocycles. The van der Waals surface area contributed by atoms with Crippen LogP contribution in [0, 0.1) is 5.82 Å². The second-order valence-electron chi connectivity index (χ2n) is 8.09. The summed E-state index contributed by atoms with van der Waals surface area (Å²) in [4.78, 5) is 36.2. The molecule has 0 radical (unpaired) electrons. The summed E-state index contributed by atoms with van der Waals surface area (Å²) in [6, 6.07) is 12.0. The summed E-state index contributed by atoms with van der Waals surface area (Å²) in [5.41, 5.74) is 1.89. The van der Waals surface area contributed by atoms with E-state index in [0.29, 0.717) is 27.9 Å². The topological polar surface area (TPSA) is 153 Å². The molecule has 1 amide bonds. The van der Waals surface area contributed by atoms with Crippen molar-refractivity contribution >= 4 is 52.7 Å². The number of fused-ring (bicyclic) bond motifs is 1. The lowest BCUT2D eigenvalue weighted by Crippen LogP contribution is -2.20. The predicted octanol–water partition coefficient (Wildman–Crippen LogP) is 3.39. The molecule has 13 heteroatoms. The molecule has 2 aromatic carbocycles. The number of halogens is 1. The second-order valence-corrected chi connectivity index (χ2v) is 8.90. The fourth-order valence-electron chi connectivity index (χ4n) is 3.72. The Balaban J connectivity index is 0.00000127. The fourth-order valence-corrected chi connectivity index (χ4v) is 4.09. The van der Waals surface area contributed by atoms with Gasteiger partial charge < -0.3 is 24.5 Å². The summed E-state index contributed by atoms with van der Waals surface area (Å²) < 4.78 is 26.5. The Kier molecular flexibility index (Phi) is 9.85. The van der Waals surface area contributed by atoms with Crippen LogP contribution >= 0.6 is 12.1 Å². The maximum absolute atomic E-state index is 15.2. The van der Waals surface area contributed by atoms with Crippen molar-refractivity contribution in [3.8, 4) is 0 Å². The van der Waals surface area contributed by atoms with Crippen molar-refractivity contribution in [1.29, 1.82) is 0 Å². The van der Waals surface area contributed by atoms with Crippen LogP contribution < -0.4 is 25.3 Å². The van der Waals surface area contributed by atoms with Gasteiger partial charge in [-0.25, -0.2) is 13.9 Å². The highest BCUT2D eigenvalue weighted by Gasteiger charge is 2.21. The van der Waals surface area contributed by atoms with E-state index in [2.05, 4.69) is 25.0 Å². The number of hydrogen-bond donors (Lipinski definition) is 5. The molecule has 0 bridgehead atoms. The van der Waals surface area contributed by atoms with Gasteiger partial charge in [0.2, 0.25) is 5.91 Å². The smallest absolute Gasteiger partial charge is 0.340 e. The lowest BCUT2D eigenvalue weighted by molar-refractivity contribution is -0.123. The van der Waals surface area contributed by atoms with Crippen LogP contribution in [0.4, 0.5) is 21.6 Å². The molecule has 5 N–H and O–H groups in total. The van der Waals surface area contributed by atoms with Gasteiger partial charge in [-0.05, 0) is 36.4 Å². The van der Waals surface area contributed by atoms with Crippen LogP contribution in [0.2, 0.25) is 0 Å². The molecule has 38 heavy (non-hydrogen) atoms. The molecule has 0 fully saturated rings. The summed E-state index contributed by atoms with van der Waals surface area (Å²) in [5.74, 6) is -0.392. The first-order valence-electron chi connectivity index (χ1n) is 11.3. The van der Waals surface area contributed by atoms with E-state index < -0.39 is 11.4 Å². The molecule has 0 saturated carbocycles. The average Bonchev–Trinajstić information content (AvgIpc) is 3.39. The normalized spacial score (nSPS) is 10.4. The highest BCUT2D eigenvalue weighted by molar-refractivity contribution is 7.98. The van der Waals surface area contributed by atoms with Crippen molar-refractivity contribution < 1.29 is 23.5 Å². The number of H-pyrrole nitrogens is 1. The number of carboxylic acid groups (broad SMARTS) is 1. The zero-order chi connectivity index (χ0) is 27.7. The number of carbonyl (C=O) groups excluding carboxylic acids is 1. The number of carbonyl (C=O) groups is 2. The van der Waals surface area contributed by atoms with E-state index >= 15 is 4.39 Å². The van der Waals surface area contributed by atoms with Crippen molar-refractivity contribution in [2.24, 2.45) is 0 Å². The molecule has 0 aliphatic carbocycles. The molecule has 4 rings (SSSR count). The Labute approximate surface area is 221 Å². The minimum atomic E-state index is -0.611. The zero-order valence-corrected chi connectivity index (χ0v) is 21.7. The molecule has 2 heterocycles. The number of aromatic amines is 1. The van der Waals surface area contributed by atoms with Crippen LogP contribution in [0.15, 0.2) is 57.9 Å². The highest BCUT2D eigenvalue weighted by atomic mass is 32.2. The lowest BCUT2D eigenvalue weighted by atomic mass is 9.95. The van der Waals surface area contributed by atoms with Crippen LogP contribution in [-0.4, -0.2) is 48.8 Å². The highest BCUT2D eigenvalue weighted by Crippen LogP contribution is 2.28. The van der Waals surface area contributed by atoms with Crippen LogP contribution in [0.25, 0.3) is 11.0 Å². The number of anilines is 3. The third kappa shape index (κ3) is 6.89. The Morgan fingerprint density at radius 1 is 1.24 bits per heavy atom. The Morgan fingerprint density at radius 2 is 2.00 bits per heavy atom. The standard InChI is InChI=1S/C24H25FN6O3S.CH2O2/c1-26-35-30-19-6-4-5-14(23(19)25)11-18-17(13-22(32)28-21-9-10-27-29-21)16-8-7-15(31(2)3)12-20(16)34-24(18)33;2-1-3/h4-10,12,26,30H,11,13H2,1-3H3,(H2,27,28,29,32);1H,(H,2,3). The number of aromatic nitrogens is 2. The molecule has 200 valence electrons. The van der Waals surface area contributed by atoms with Crippen molar-refractivity contribution in [2.75, 3.05) is 36.1 Å². The zero-order valence-electron chi connectivity index (χ0n) is 20.9. The molecule has 0 saturated heterocycles. The quantitative estimate of drug-likeness (QED) is 0.121. The van der Waals surface area contributed by atoms with Gasteiger partial charge in [-0.15, -0.1) is 0 Å². The summed E-state index contributed by atoms with van der Waals surface area (Å²) >= 11 is 1.13. The minimum absolute atomic E-state index is 0.0358. The van der Waals surface area contributed by atoms with E-state index in [1.54, 1.807) is 37.4 Å². The Hall–Kier alpha value is -4.36. The van der Waals surface area contributed by atoms with Gasteiger partial charge in [0.15, 0.2) is 5.82 Å². The summed E-state index contributed by atoms with van der Waals surface area (Å²) in [5, 5.41) is 16.7. The van der Waals surface area contributed by atoms with Crippen molar-refractivity contribution in [3.05, 3.63) is 81.6 Å².